The Morgan fingerprint density at radius 1 is 1.58 bits per heavy atom. The van der Waals surface area contributed by atoms with Crippen LogP contribution in [0.3, 0.4) is 0 Å². The van der Waals surface area contributed by atoms with Gasteiger partial charge in [0.25, 0.3) is 0 Å². The Balaban J connectivity index is 2.36. The molecule has 1 fully saturated rings. The van der Waals surface area contributed by atoms with Crippen molar-refractivity contribution in [2.75, 3.05) is 6.61 Å². The SMILES string of the molecule is CC(=O)CCC1CCOC1(C)C. The Labute approximate surface area is 74.3 Å². The minimum Gasteiger partial charge on any atom is -0.375 e. The lowest BCUT2D eigenvalue weighted by atomic mass is 9.86. The Morgan fingerprint density at radius 3 is 2.67 bits per heavy atom. The van der Waals surface area contributed by atoms with Crippen molar-refractivity contribution < 1.29 is 9.53 Å². The molecule has 70 valence electrons. The average Bonchev–Trinajstić information content (AvgIpc) is 2.25. The molecule has 0 saturated carbocycles. The number of ether oxygens (including phenoxy) is 1. The van der Waals surface area contributed by atoms with Gasteiger partial charge >= 0.3 is 0 Å². The first-order valence-corrected chi connectivity index (χ1v) is 4.66. The minimum absolute atomic E-state index is 0.00451. The van der Waals surface area contributed by atoms with E-state index in [4.69, 9.17) is 4.74 Å². The molecule has 0 bridgehead atoms. The van der Waals surface area contributed by atoms with Gasteiger partial charge in [-0.15, -0.1) is 0 Å². The first kappa shape index (κ1) is 9.72. The van der Waals surface area contributed by atoms with Gasteiger partial charge in [-0.25, -0.2) is 0 Å². The molecule has 1 aliphatic rings. The molecular formula is C10H18O2. The lowest BCUT2D eigenvalue weighted by Gasteiger charge is -2.25. The summed E-state index contributed by atoms with van der Waals surface area (Å²) in [5.41, 5.74) is -0.00451. The number of carbonyl (C=O) groups excluding carboxylic acids is 1. The second-order valence-electron chi connectivity index (χ2n) is 4.18. The van der Waals surface area contributed by atoms with Gasteiger partial charge in [0.2, 0.25) is 0 Å². The summed E-state index contributed by atoms with van der Waals surface area (Å²) < 4.78 is 5.57. The van der Waals surface area contributed by atoms with Crippen molar-refractivity contribution in [1.82, 2.24) is 0 Å². The summed E-state index contributed by atoms with van der Waals surface area (Å²) in [6, 6.07) is 0. The van der Waals surface area contributed by atoms with E-state index in [1.54, 1.807) is 6.92 Å². The van der Waals surface area contributed by atoms with Crippen molar-refractivity contribution in [3.05, 3.63) is 0 Å². The standard InChI is InChI=1S/C10H18O2/c1-8(11)4-5-9-6-7-12-10(9,2)3/h9H,4-7H2,1-3H3. The first-order chi connectivity index (χ1) is 5.52. The number of ketones is 1. The summed E-state index contributed by atoms with van der Waals surface area (Å²) in [5, 5.41) is 0. The predicted molar refractivity (Wildman–Crippen MR) is 48.1 cm³/mol. The molecule has 12 heavy (non-hydrogen) atoms. The second-order valence-corrected chi connectivity index (χ2v) is 4.18. The van der Waals surface area contributed by atoms with Crippen molar-refractivity contribution in [1.29, 1.82) is 0 Å². The van der Waals surface area contributed by atoms with Crippen molar-refractivity contribution >= 4 is 5.78 Å². The molecule has 0 aliphatic carbocycles. The summed E-state index contributed by atoms with van der Waals surface area (Å²) in [7, 11) is 0. The monoisotopic (exact) mass is 170 g/mol. The fourth-order valence-corrected chi connectivity index (χ4v) is 1.80. The third kappa shape index (κ3) is 2.31. The first-order valence-electron chi connectivity index (χ1n) is 4.66. The van der Waals surface area contributed by atoms with E-state index in [0.717, 1.165) is 19.4 Å². The zero-order valence-electron chi connectivity index (χ0n) is 8.22. The molecule has 0 radical (unpaired) electrons. The molecule has 0 spiro atoms. The number of rotatable bonds is 3. The van der Waals surface area contributed by atoms with Gasteiger partial charge in [0.05, 0.1) is 5.60 Å². The van der Waals surface area contributed by atoms with Crippen molar-refractivity contribution in [2.45, 2.75) is 45.6 Å². The van der Waals surface area contributed by atoms with E-state index in [2.05, 4.69) is 13.8 Å². The molecule has 1 unspecified atom stereocenters. The molecule has 0 aromatic heterocycles. The molecule has 1 rings (SSSR count). The van der Waals surface area contributed by atoms with E-state index in [9.17, 15) is 4.79 Å². The topological polar surface area (TPSA) is 26.3 Å². The van der Waals surface area contributed by atoms with Crippen molar-refractivity contribution in [3.63, 3.8) is 0 Å². The quantitative estimate of drug-likeness (QED) is 0.649. The Kier molecular flexibility index (Phi) is 2.89. The van der Waals surface area contributed by atoms with Crippen molar-refractivity contribution in [3.8, 4) is 0 Å². The van der Waals surface area contributed by atoms with E-state index >= 15 is 0 Å². The largest absolute Gasteiger partial charge is 0.375 e. The maximum atomic E-state index is 10.8. The summed E-state index contributed by atoms with van der Waals surface area (Å²) in [6.45, 7) is 6.74. The van der Waals surface area contributed by atoms with Gasteiger partial charge in [-0.05, 0) is 39.5 Å². The molecule has 1 heterocycles. The maximum absolute atomic E-state index is 10.8. The number of hydrogen-bond donors (Lipinski definition) is 0. The van der Waals surface area contributed by atoms with Crippen LogP contribution in [0, 0.1) is 5.92 Å². The summed E-state index contributed by atoms with van der Waals surface area (Å²) in [4.78, 5) is 10.8. The lowest BCUT2D eigenvalue weighted by Crippen LogP contribution is -2.27. The molecule has 0 N–H and O–H groups in total. The van der Waals surface area contributed by atoms with Crippen LogP contribution in [0.15, 0.2) is 0 Å². The predicted octanol–water partition coefficient (Wildman–Crippen LogP) is 2.17. The third-order valence-electron chi connectivity index (χ3n) is 2.77. The summed E-state index contributed by atoms with van der Waals surface area (Å²) >= 11 is 0. The van der Waals surface area contributed by atoms with E-state index in [1.807, 2.05) is 0 Å². The highest BCUT2D eigenvalue weighted by Crippen LogP contribution is 2.34. The smallest absolute Gasteiger partial charge is 0.129 e. The van der Waals surface area contributed by atoms with Crippen LogP contribution < -0.4 is 0 Å². The van der Waals surface area contributed by atoms with E-state index < -0.39 is 0 Å². The summed E-state index contributed by atoms with van der Waals surface area (Å²) in [6.07, 6.45) is 2.81. The molecule has 0 aromatic rings. The van der Waals surface area contributed by atoms with Gasteiger partial charge in [-0.1, -0.05) is 0 Å². The lowest BCUT2D eigenvalue weighted by molar-refractivity contribution is -0.117. The number of Topliss-reactive ketones (excluding diaryl/α,β-unsaturated/α-hetero) is 1. The minimum atomic E-state index is -0.00451. The van der Waals surface area contributed by atoms with E-state index in [0.29, 0.717) is 12.3 Å². The molecule has 1 atom stereocenters. The third-order valence-corrected chi connectivity index (χ3v) is 2.77. The van der Waals surface area contributed by atoms with Crippen LogP contribution in [0.25, 0.3) is 0 Å². The van der Waals surface area contributed by atoms with Crippen LogP contribution in [0.2, 0.25) is 0 Å². The molecule has 0 aromatic carbocycles. The van der Waals surface area contributed by atoms with E-state index in [-0.39, 0.29) is 11.4 Å². The molecule has 2 heteroatoms. The van der Waals surface area contributed by atoms with Gasteiger partial charge in [0.1, 0.15) is 5.78 Å². The Bertz CT molecular complexity index is 173. The normalized spacial score (nSPS) is 27.4. The van der Waals surface area contributed by atoms with Gasteiger partial charge < -0.3 is 9.53 Å². The zero-order chi connectivity index (χ0) is 9.19. The summed E-state index contributed by atoms with van der Waals surface area (Å²) in [5.74, 6) is 0.860. The highest BCUT2D eigenvalue weighted by molar-refractivity contribution is 5.75. The number of carbonyl (C=O) groups is 1. The number of hydrogen-bond acceptors (Lipinski definition) is 2. The van der Waals surface area contributed by atoms with Crippen LogP contribution in [0.5, 0.6) is 0 Å². The van der Waals surface area contributed by atoms with Gasteiger partial charge in [0.15, 0.2) is 0 Å². The fraction of sp³-hybridized carbons (Fsp3) is 0.900. The fourth-order valence-electron chi connectivity index (χ4n) is 1.80. The highest BCUT2D eigenvalue weighted by Gasteiger charge is 2.35. The maximum Gasteiger partial charge on any atom is 0.129 e. The van der Waals surface area contributed by atoms with Gasteiger partial charge in [-0.3, -0.25) is 0 Å². The van der Waals surface area contributed by atoms with E-state index in [1.165, 1.54) is 0 Å². The highest BCUT2D eigenvalue weighted by atomic mass is 16.5. The van der Waals surface area contributed by atoms with Crippen LogP contribution in [-0.4, -0.2) is 18.0 Å². The molecular weight excluding hydrogens is 152 g/mol. The van der Waals surface area contributed by atoms with Gasteiger partial charge in [-0.2, -0.15) is 0 Å². The van der Waals surface area contributed by atoms with Gasteiger partial charge in [0, 0.05) is 13.0 Å². The molecule has 2 nitrogen and oxygen atoms in total. The van der Waals surface area contributed by atoms with Crippen LogP contribution >= 0.6 is 0 Å². The molecule has 1 aliphatic heterocycles. The Morgan fingerprint density at radius 2 is 2.25 bits per heavy atom. The zero-order valence-corrected chi connectivity index (χ0v) is 8.22. The molecule has 0 amide bonds. The second kappa shape index (κ2) is 3.56. The van der Waals surface area contributed by atoms with Crippen LogP contribution in [-0.2, 0) is 9.53 Å². The van der Waals surface area contributed by atoms with Crippen molar-refractivity contribution in [2.24, 2.45) is 5.92 Å². The van der Waals surface area contributed by atoms with Crippen LogP contribution in [0.4, 0.5) is 0 Å². The van der Waals surface area contributed by atoms with Crippen LogP contribution in [0.1, 0.15) is 40.0 Å². The average molecular weight is 170 g/mol. The molecule has 1 saturated heterocycles. The Hall–Kier alpha value is -0.370.